The Morgan fingerprint density at radius 3 is 2.54 bits per heavy atom. The third-order valence-corrected chi connectivity index (χ3v) is 8.04. The van der Waals surface area contributed by atoms with Crippen LogP contribution in [0.1, 0.15) is 77.8 Å². The molecule has 3 aromatic rings. The maximum Gasteiger partial charge on any atom is 0.255 e. The molecule has 0 radical (unpaired) electrons. The highest BCUT2D eigenvalue weighted by Gasteiger charge is 2.49. The summed E-state index contributed by atoms with van der Waals surface area (Å²) in [7, 11) is 0. The zero-order valence-corrected chi connectivity index (χ0v) is 22.0. The van der Waals surface area contributed by atoms with Gasteiger partial charge < -0.3 is 15.3 Å². The molecule has 1 aromatic heterocycles. The molecule has 5 atom stereocenters. The number of rotatable bonds is 5. The molecule has 37 heavy (non-hydrogen) atoms. The molecule has 8 heteroatoms. The lowest BCUT2D eigenvalue weighted by molar-refractivity contribution is -0.125. The van der Waals surface area contributed by atoms with E-state index in [1.54, 1.807) is 41.4 Å². The highest BCUT2D eigenvalue weighted by molar-refractivity contribution is 6.35. The van der Waals surface area contributed by atoms with E-state index in [0.29, 0.717) is 39.6 Å². The van der Waals surface area contributed by atoms with E-state index in [0.717, 1.165) is 18.5 Å². The maximum atomic E-state index is 14.1. The molecule has 1 unspecified atom stereocenters. The predicted octanol–water partition coefficient (Wildman–Crippen LogP) is 5.85. The van der Waals surface area contributed by atoms with Crippen LogP contribution in [-0.4, -0.2) is 39.0 Å². The number of aromatic nitrogens is 1. The molecule has 1 aliphatic carbocycles. The fourth-order valence-electron chi connectivity index (χ4n) is 5.70. The highest BCUT2D eigenvalue weighted by atomic mass is 35.5. The number of hydrogen-bond acceptors (Lipinski definition) is 4. The SMILES string of the molecule is CC(NC(=O)[C@@H]1c2ccccc2C(=O)N([C@H]2CCCC[C@@H]2O)[C@H]1c1ccc(Cl)cc1Cl)c1ccccn1. The van der Waals surface area contributed by atoms with Crippen molar-refractivity contribution in [3.8, 4) is 0 Å². The first-order chi connectivity index (χ1) is 17.9. The fourth-order valence-corrected chi connectivity index (χ4v) is 6.22. The van der Waals surface area contributed by atoms with Gasteiger partial charge in [-0.05, 0) is 61.2 Å². The molecule has 6 nitrogen and oxygen atoms in total. The molecule has 2 heterocycles. The van der Waals surface area contributed by atoms with Crippen molar-refractivity contribution < 1.29 is 14.7 Å². The van der Waals surface area contributed by atoms with E-state index in [4.69, 9.17) is 23.2 Å². The molecule has 0 bridgehead atoms. The first-order valence-corrected chi connectivity index (χ1v) is 13.4. The maximum absolute atomic E-state index is 14.1. The van der Waals surface area contributed by atoms with E-state index in [9.17, 15) is 14.7 Å². The van der Waals surface area contributed by atoms with Crippen LogP contribution in [0.5, 0.6) is 0 Å². The quantitative estimate of drug-likeness (QED) is 0.427. The minimum Gasteiger partial charge on any atom is -0.391 e. The summed E-state index contributed by atoms with van der Waals surface area (Å²) in [4.78, 5) is 34.2. The van der Waals surface area contributed by atoms with Crippen LogP contribution in [0.3, 0.4) is 0 Å². The largest absolute Gasteiger partial charge is 0.391 e. The molecule has 0 saturated heterocycles. The van der Waals surface area contributed by atoms with Gasteiger partial charge in [0, 0.05) is 21.8 Å². The standard InChI is InChI=1S/C29H29Cl2N3O3/c1-17(23-10-6-7-15-32-23)33-28(36)26-19-8-2-3-9-20(19)29(37)34(24-11-4-5-12-25(24)35)27(26)21-14-13-18(30)16-22(21)31/h2-3,6-10,13-17,24-27,35H,4-5,11-12H2,1H3,(H,33,36)/t17?,24-,25-,26+,27-/m0/s1. The fraction of sp³-hybridized carbons (Fsp3) is 0.345. The second kappa shape index (κ2) is 10.8. The van der Waals surface area contributed by atoms with Gasteiger partial charge in [-0.25, -0.2) is 0 Å². The molecule has 1 saturated carbocycles. The number of fused-ring (bicyclic) bond motifs is 1. The van der Waals surface area contributed by atoms with E-state index in [-0.39, 0.29) is 17.9 Å². The second-order valence-electron chi connectivity index (χ2n) is 9.79. The Morgan fingerprint density at radius 2 is 1.81 bits per heavy atom. The molecule has 5 rings (SSSR count). The summed E-state index contributed by atoms with van der Waals surface area (Å²) >= 11 is 12.9. The first kappa shape index (κ1) is 25.7. The van der Waals surface area contributed by atoms with Gasteiger partial charge in [-0.2, -0.15) is 0 Å². The van der Waals surface area contributed by atoms with Crippen LogP contribution in [0.4, 0.5) is 0 Å². The number of nitrogens with one attached hydrogen (secondary N) is 1. The molecule has 192 valence electrons. The van der Waals surface area contributed by atoms with Gasteiger partial charge in [0.1, 0.15) is 0 Å². The monoisotopic (exact) mass is 537 g/mol. The number of hydrogen-bond donors (Lipinski definition) is 2. The van der Waals surface area contributed by atoms with E-state index in [2.05, 4.69) is 10.3 Å². The molecule has 2 aliphatic rings. The van der Waals surface area contributed by atoms with Gasteiger partial charge >= 0.3 is 0 Å². The molecular weight excluding hydrogens is 509 g/mol. The van der Waals surface area contributed by atoms with Crippen LogP contribution >= 0.6 is 23.2 Å². The van der Waals surface area contributed by atoms with Gasteiger partial charge in [-0.1, -0.05) is 66.4 Å². The van der Waals surface area contributed by atoms with Crippen molar-refractivity contribution in [2.24, 2.45) is 0 Å². The van der Waals surface area contributed by atoms with Gasteiger partial charge in [0.15, 0.2) is 0 Å². The normalized spacial score (nSPS) is 24.3. The lowest BCUT2D eigenvalue weighted by Gasteiger charge is -2.48. The van der Waals surface area contributed by atoms with Crippen molar-refractivity contribution in [2.75, 3.05) is 0 Å². The number of carbonyl (C=O) groups is 2. The summed E-state index contributed by atoms with van der Waals surface area (Å²) in [6.07, 6.45) is 4.04. The van der Waals surface area contributed by atoms with E-state index in [1.807, 2.05) is 37.3 Å². The molecule has 2 N–H and O–H groups in total. The van der Waals surface area contributed by atoms with Crippen molar-refractivity contribution in [3.63, 3.8) is 0 Å². The minimum absolute atomic E-state index is 0.209. The molecule has 2 amide bonds. The van der Waals surface area contributed by atoms with Crippen LogP contribution in [0.25, 0.3) is 0 Å². The lowest BCUT2D eigenvalue weighted by Crippen LogP contribution is -2.55. The van der Waals surface area contributed by atoms with Crippen molar-refractivity contribution in [3.05, 3.63) is 99.3 Å². The average Bonchev–Trinajstić information content (AvgIpc) is 2.90. The smallest absolute Gasteiger partial charge is 0.255 e. The number of aliphatic hydroxyl groups excluding tert-OH is 1. The Bertz CT molecular complexity index is 1300. The predicted molar refractivity (Wildman–Crippen MR) is 144 cm³/mol. The van der Waals surface area contributed by atoms with Gasteiger partial charge in [0.05, 0.1) is 35.8 Å². The van der Waals surface area contributed by atoms with Crippen LogP contribution in [0.15, 0.2) is 66.9 Å². The van der Waals surface area contributed by atoms with Crippen molar-refractivity contribution in [2.45, 2.75) is 62.8 Å². The number of nitrogens with zero attached hydrogens (tertiary/aromatic N) is 2. The topological polar surface area (TPSA) is 82.5 Å². The molecule has 2 aromatic carbocycles. The number of carbonyl (C=O) groups excluding carboxylic acids is 2. The Morgan fingerprint density at radius 1 is 1.05 bits per heavy atom. The van der Waals surface area contributed by atoms with Crippen LogP contribution in [-0.2, 0) is 4.79 Å². The highest BCUT2D eigenvalue weighted by Crippen LogP contribution is 2.48. The average molecular weight is 538 g/mol. The summed E-state index contributed by atoms with van der Waals surface area (Å²) in [5.41, 5.74) is 2.46. The third kappa shape index (κ3) is 4.98. The Balaban J connectivity index is 1.65. The third-order valence-electron chi connectivity index (χ3n) is 7.48. The van der Waals surface area contributed by atoms with Crippen molar-refractivity contribution in [1.82, 2.24) is 15.2 Å². The van der Waals surface area contributed by atoms with E-state index in [1.165, 1.54) is 0 Å². The first-order valence-electron chi connectivity index (χ1n) is 12.6. The summed E-state index contributed by atoms with van der Waals surface area (Å²) in [5.74, 6) is -1.21. The molecule has 1 fully saturated rings. The van der Waals surface area contributed by atoms with Gasteiger partial charge in [-0.3, -0.25) is 14.6 Å². The molecule has 1 aliphatic heterocycles. The number of aliphatic hydroxyl groups is 1. The zero-order chi connectivity index (χ0) is 26.1. The zero-order valence-electron chi connectivity index (χ0n) is 20.5. The van der Waals surface area contributed by atoms with Crippen LogP contribution < -0.4 is 5.32 Å². The molecular formula is C29H29Cl2N3O3. The Kier molecular flexibility index (Phi) is 7.52. The van der Waals surface area contributed by atoms with Crippen molar-refractivity contribution >= 4 is 35.0 Å². The minimum atomic E-state index is -0.757. The molecule has 0 spiro atoms. The van der Waals surface area contributed by atoms with Gasteiger partial charge in [-0.15, -0.1) is 0 Å². The summed E-state index contributed by atoms with van der Waals surface area (Å²) < 4.78 is 0. The number of pyridine rings is 1. The van der Waals surface area contributed by atoms with E-state index >= 15 is 0 Å². The number of halogens is 2. The Hall–Kier alpha value is -2.93. The summed E-state index contributed by atoms with van der Waals surface area (Å²) in [6.45, 7) is 1.88. The summed E-state index contributed by atoms with van der Waals surface area (Å²) in [6, 6.07) is 16.4. The van der Waals surface area contributed by atoms with Crippen LogP contribution in [0.2, 0.25) is 10.0 Å². The van der Waals surface area contributed by atoms with E-state index < -0.39 is 24.1 Å². The summed E-state index contributed by atoms with van der Waals surface area (Å²) in [5, 5.41) is 15.0. The lowest BCUT2D eigenvalue weighted by atomic mass is 9.76. The number of benzene rings is 2. The number of amides is 2. The Labute approximate surface area is 226 Å². The van der Waals surface area contributed by atoms with Gasteiger partial charge in [0.25, 0.3) is 5.91 Å². The van der Waals surface area contributed by atoms with Crippen LogP contribution in [0, 0.1) is 0 Å². The van der Waals surface area contributed by atoms with Crippen molar-refractivity contribution in [1.29, 1.82) is 0 Å². The van der Waals surface area contributed by atoms with Gasteiger partial charge in [0.2, 0.25) is 5.91 Å². The second-order valence-corrected chi connectivity index (χ2v) is 10.6.